The molecule has 0 radical (unpaired) electrons. The van der Waals surface area contributed by atoms with Crippen LogP contribution in [-0.2, 0) is 4.74 Å². The van der Waals surface area contributed by atoms with Crippen LogP contribution in [0.25, 0.3) is 0 Å². The van der Waals surface area contributed by atoms with Gasteiger partial charge in [-0.25, -0.2) is 0 Å². The van der Waals surface area contributed by atoms with E-state index in [0.717, 1.165) is 18.3 Å². The van der Waals surface area contributed by atoms with Crippen molar-refractivity contribution in [3.8, 4) is 0 Å². The number of thioether (sulfide) groups is 1. The van der Waals surface area contributed by atoms with E-state index in [2.05, 4.69) is 31.1 Å². The van der Waals surface area contributed by atoms with E-state index in [1.54, 1.807) is 7.11 Å². The van der Waals surface area contributed by atoms with Crippen LogP contribution in [0.15, 0.2) is 4.99 Å². The van der Waals surface area contributed by atoms with Gasteiger partial charge in [-0.05, 0) is 12.3 Å². The van der Waals surface area contributed by atoms with Gasteiger partial charge in [0.2, 0.25) is 0 Å². The molecule has 0 amide bonds. The first-order chi connectivity index (χ1) is 7.17. The maximum absolute atomic E-state index is 5.20. The number of nitrogens with zero attached hydrogens (tertiary/aromatic N) is 1. The van der Waals surface area contributed by atoms with E-state index in [0.29, 0.717) is 17.2 Å². The molecule has 0 aliphatic carbocycles. The lowest BCUT2D eigenvalue weighted by Gasteiger charge is -2.22. The van der Waals surface area contributed by atoms with Crippen LogP contribution >= 0.6 is 11.8 Å². The Labute approximate surface area is 97.1 Å². The van der Waals surface area contributed by atoms with Gasteiger partial charge in [0.05, 0.1) is 19.2 Å². The molecule has 1 rings (SSSR count). The molecular formula is C11H22N2OS. The number of hydrogen-bond donors (Lipinski definition) is 1. The average molecular weight is 230 g/mol. The van der Waals surface area contributed by atoms with Gasteiger partial charge in [-0.3, -0.25) is 4.99 Å². The molecule has 15 heavy (non-hydrogen) atoms. The third-order valence-corrected chi connectivity index (χ3v) is 3.92. The summed E-state index contributed by atoms with van der Waals surface area (Å²) in [6.07, 6.45) is 1.19. The highest BCUT2D eigenvalue weighted by atomic mass is 32.2. The van der Waals surface area contributed by atoms with E-state index in [1.165, 1.54) is 6.42 Å². The highest BCUT2D eigenvalue weighted by Gasteiger charge is 2.21. The summed E-state index contributed by atoms with van der Waals surface area (Å²) in [5.41, 5.74) is 0. The van der Waals surface area contributed by atoms with Crippen molar-refractivity contribution in [1.29, 1.82) is 0 Å². The third-order valence-electron chi connectivity index (χ3n) is 2.63. The first kappa shape index (κ1) is 12.8. The van der Waals surface area contributed by atoms with Crippen molar-refractivity contribution < 1.29 is 4.74 Å². The molecule has 4 heteroatoms. The average Bonchev–Trinajstić information content (AvgIpc) is 2.65. The fourth-order valence-electron chi connectivity index (χ4n) is 1.45. The second kappa shape index (κ2) is 6.38. The first-order valence-corrected chi connectivity index (χ1v) is 6.51. The molecule has 1 aliphatic heterocycles. The zero-order valence-electron chi connectivity index (χ0n) is 10.1. The van der Waals surface area contributed by atoms with E-state index in [1.807, 2.05) is 11.8 Å². The predicted octanol–water partition coefficient (Wildman–Crippen LogP) is 2.13. The Balaban J connectivity index is 2.39. The molecule has 0 bridgehead atoms. The van der Waals surface area contributed by atoms with Crippen molar-refractivity contribution in [2.45, 2.75) is 38.5 Å². The van der Waals surface area contributed by atoms with Gasteiger partial charge >= 0.3 is 0 Å². The maximum atomic E-state index is 5.20. The molecule has 88 valence electrons. The van der Waals surface area contributed by atoms with E-state index in [4.69, 9.17) is 4.74 Å². The number of ether oxygens (including phenoxy) is 1. The molecule has 0 aromatic heterocycles. The van der Waals surface area contributed by atoms with Crippen molar-refractivity contribution in [3.63, 3.8) is 0 Å². The maximum Gasteiger partial charge on any atom is 0.157 e. The number of amidine groups is 1. The number of aliphatic imine (C=N–C) groups is 1. The van der Waals surface area contributed by atoms with E-state index in [9.17, 15) is 0 Å². The van der Waals surface area contributed by atoms with Crippen molar-refractivity contribution in [2.75, 3.05) is 20.3 Å². The molecule has 0 fully saturated rings. The smallest absolute Gasteiger partial charge is 0.157 e. The van der Waals surface area contributed by atoms with E-state index < -0.39 is 0 Å². The fourth-order valence-corrected chi connectivity index (χ4v) is 2.45. The molecule has 2 unspecified atom stereocenters. The van der Waals surface area contributed by atoms with Gasteiger partial charge in [-0.2, -0.15) is 0 Å². The molecule has 0 aromatic carbocycles. The second-order valence-corrected chi connectivity index (χ2v) is 5.53. The minimum atomic E-state index is 0.372. The van der Waals surface area contributed by atoms with Gasteiger partial charge < -0.3 is 10.1 Å². The van der Waals surface area contributed by atoms with Crippen molar-refractivity contribution in [1.82, 2.24) is 5.32 Å². The Kier molecular flexibility index (Phi) is 5.47. The molecule has 3 nitrogen and oxygen atoms in total. The van der Waals surface area contributed by atoms with E-state index >= 15 is 0 Å². The first-order valence-electron chi connectivity index (χ1n) is 5.64. The lowest BCUT2D eigenvalue weighted by atomic mass is 10.1. The number of hydrogen-bond acceptors (Lipinski definition) is 4. The summed E-state index contributed by atoms with van der Waals surface area (Å²) < 4.78 is 5.20. The Morgan fingerprint density at radius 3 is 2.80 bits per heavy atom. The standard InChI is InChI=1S/C11H22N2OS/c1-5-9-6-12-11(15-9)13-10(7-14-4)8(2)3/h8-10H,5-7H2,1-4H3,(H,12,13). The second-order valence-electron chi connectivity index (χ2n) is 4.24. The molecule has 0 aromatic rings. The van der Waals surface area contributed by atoms with Gasteiger partial charge in [0.25, 0.3) is 0 Å². The van der Waals surface area contributed by atoms with Crippen molar-refractivity contribution >= 4 is 16.9 Å². The summed E-state index contributed by atoms with van der Waals surface area (Å²) in [7, 11) is 1.75. The van der Waals surface area contributed by atoms with Gasteiger partial charge in [0.15, 0.2) is 5.17 Å². The van der Waals surface area contributed by atoms with Crippen LogP contribution in [0.1, 0.15) is 27.2 Å². The number of nitrogens with one attached hydrogen (secondary N) is 1. The minimum absolute atomic E-state index is 0.372. The van der Waals surface area contributed by atoms with Gasteiger partial charge in [0.1, 0.15) is 0 Å². The van der Waals surface area contributed by atoms with Crippen LogP contribution < -0.4 is 5.32 Å². The Morgan fingerprint density at radius 2 is 2.33 bits per heavy atom. The molecule has 0 saturated heterocycles. The van der Waals surface area contributed by atoms with Crippen LogP contribution in [-0.4, -0.2) is 36.7 Å². The highest BCUT2D eigenvalue weighted by Crippen LogP contribution is 2.22. The van der Waals surface area contributed by atoms with Crippen LogP contribution in [0.2, 0.25) is 0 Å². The highest BCUT2D eigenvalue weighted by molar-refractivity contribution is 8.14. The summed E-state index contributed by atoms with van der Waals surface area (Å²) in [6.45, 7) is 8.32. The molecule has 2 atom stereocenters. The van der Waals surface area contributed by atoms with Crippen LogP contribution in [0, 0.1) is 5.92 Å². The number of methoxy groups -OCH3 is 1. The molecule has 1 heterocycles. The van der Waals surface area contributed by atoms with Crippen LogP contribution in [0.5, 0.6) is 0 Å². The Hall–Kier alpha value is -0.220. The van der Waals surface area contributed by atoms with Crippen molar-refractivity contribution in [3.05, 3.63) is 0 Å². The largest absolute Gasteiger partial charge is 0.383 e. The quantitative estimate of drug-likeness (QED) is 0.785. The Bertz CT molecular complexity index is 219. The molecular weight excluding hydrogens is 208 g/mol. The third kappa shape index (κ3) is 4.03. The topological polar surface area (TPSA) is 33.6 Å². The Morgan fingerprint density at radius 1 is 1.60 bits per heavy atom. The summed E-state index contributed by atoms with van der Waals surface area (Å²) in [6, 6.07) is 0.372. The summed E-state index contributed by atoms with van der Waals surface area (Å²) in [5, 5.41) is 5.23. The monoisotopic (exact) mass is 230 g/mol. The van der Waals surface area contributed by atoms with Crippen molar-refractivity contribution in [2.24, 2.45) is 10.9 Å². The molecule has 1 N–H and O–H groups in total. The van der Waals surface area contributed by atoms with Crippen LogP contribution in [0.3, 0.4) is 0 Å². The normalized spacial score (nSPS) is 23.0. The zero-order valence-corrected chi connectivity index (χ0v) is 10.9. The lowest BCUT2D eigenvalue weighted by molar-refractivity contribution is 0.156. The molecule has 0 saturated carbocycles. The van der Waals surface area contributed by atoms with Gasteiger partial charge in [-0.15, -0.1) is 0 Å². The minimum Gasteiger partial charge on any atom is -0.383 e. The predicted molar refractivity (Wildman–Crippen MR) is 67.6 cm³/mol. The summed E-state index contributed by atoms with van der Waals surface area (Å²) in [5.74, 6) is 0.564. The molecule has 1 aliphatic rings. The summed E-state index contributed by atoms with van der Waals surface area (Å²) >= 11 is 1.87. The van der Waals surface area contributed by atoms with Gasteiger partial charge in [-0.1, -0.05) is 32.5 Å². The van der Waals surface area contributed by atoms with Gasteiger partial charge in [0, 0.05) is 12.4 Å². The molecule has 0 spiro atoms. The van der Waals surface area contributed by atoms with E-state index in [-0.39, 0.29) is 0 Å². The number of rotatable bonds is 5. The van der Waals surface area contributed by atoms with Crippen LogP contribution in [0.4, 0.5) is 0 Å². The lowest BCUT2D eigenvalue weighted by Crippen LogP contribution is -2.40. The zero-order chi connectivity index (χ0) is 11.3. The summed E-state index contributed by atoms with van der Waals surface area (Å²) in [4.78, 5) is 4.51. The fraction of sp³-hybridized carbons (Fsp3) is 0.909. The SMILES string of the molecule is CCC1CN=C(NC(COC)C(C)C)S1.